The number of sulfonamides is 1. The number of carbonyl (C=O) groups excluding carboxylic acids is 1. The fourth-order valence-corrected chi connectivity index (χ4v) is 2.42. The second kappa shape index (κ2) is 6.03. The Hall–Kier alpha value is -1.60. The first-order chi connectivity index (χ1) is 8.84. The van der Waals surface area contributed by atoms with E-state index in [0.717, 1.165) is 4.31 Å². The summed E-state index contributed by atoms with van der Waals surface area (Å²) in [6, 6.07) is 4.21. The number of methoxy groups -OCH3 is 1. The molecule has 0 aliphatic heterocycles. The third-order valence-corrected chi connectivity index (χ3v) is 4.34. The van der Waals surface area contributed by atoms with E-state index in [9.17, 15) is 13.2 Å². The van der Waals surface area contributed by atoms with Gasteiger partial charge in [0.05, 0.1) is 17.6 Å². The highest BCUT2D eigenvalue weighted by Gasteiger charge is 2.21. The molecular weight excluding hydrogens is 268 g/mol. The van der Waals surface area contributed by atoms with Gasteiger partial charge in [0.15, 0.2) is 0 Å². The first kappa shape index (κ1) is 15.5. The van der Waals surface area contributed by atoms with Crippen LogP contribution in [0.15, 0.2) is 23.1 Å². The maximum absolute atomic E-state index is 12.0. The minimum atomic E-state index is -3.58. The van der Waals surface area contributed by atoms with Crippen molar-refractivity contribution in [3.8, 4) is 5.75 Å². The fourth-order valence-electron chi connectivity index (χ4n) is 1.49. The summed E-state index contributed by atoms with van der Waals surface area (Å²) < 4.78 is 30.2. The van der Waals surface area contributed by atoms with Crippen LogP contribution in [-0.2, 0) is 10.0 Å². The number of rotatable bonds is 5. The SMILES string of the molecule is CCNC(=O)c1cc(S(=O)(=O)N(C)C)ccc1OC. The van der Waals surface area contributed by atoms with Crippen LogP contribution in [0.3, 0.4) is 0 Å². The highest BCUT2D eigenvalue weighted by Crippen LogP contribution is 2.23. The third-order valence-electron chi connectivity index (χ3n) is 2.53. The van der Waals surface area contributed by atoms with Gasteiger partial charge in [-0.05, 0) is 25.1 Å². The molecule has 1 N–H and O–H groups in total. The smallest absolute Gasteiger partial charge is 0.255 e. The molecule has 0 heterocycles. The van der Waals surface area contributed by atoms with Gasteiger partial charge in [-0.25, -0.2) is 12.7 Å². The van der Waals surface area contributed by atoms with Gasteiger partial charge >= 0.3 is 0 Å². The van der Waals surface area contributed by atoms with Gasteiger partial charge in [0.1, 0.15) is 5.75 Å². The standard InChI is InChI=1S/C12H18N2O4S/c1-5-13-12(15)10-8-9(6-7-11(10)18-4)19(16,17)14(2)3/h6-8H,5H2,1-4H3,(H,13,15). The van der Waals surface area contributed by atoms with E-state index in [2.05, 4.69) is 5.32 Å². The van der Waals surface area contributed by atoms with Gasteiger partial charge in [0, 0.05) is 20.6 Å². The summed E-state index contributed by atoms with van der Waals surface area (Å²) in [6.07, 6.45) is 0. The second-order valence-corrected chi connectivity index (χ2v) is 6.16. The Morgan fingerprint density at radius 3 is 2.47 bits per heavy atom. The van der Waals surface area contributed by atoms with Gasteiger partial charge < -0.3 is 10.1 Å². The van der Waals surface area contributed by atoms with Gasteiger partial charge in [-0.2, -0.15) is 0 Å². The number of carbonyl (C=O) groups is 1. The fraction of sp³-hybridized carbons (Fsp3) is 0.417. The first-order valence-corrected chi connectivity index (χ1v) is 7.17. The summed E-state index contributed by atoms with van der Waals surface area (Å²) in [5.41, 5.74) is 0.201. The molecule has 0 aromatic heterocycles. The zero-order valence-corrected chi connectivity index (χ0v) is 12.2. The van der Waals surface area contributed by atoms with E-state index >= 15 is 0 Å². The molecule has 1 aromatic carbocycles. The van der Waals surface area contributed by atoms with Crippen LogP contribution in [0.5, 0.6) is 5.75 Å². The molecule has 0 bridgehead atoms. The van der Waals surface area contributed by atoms with Crippen molar-refractivity contribution in [3.63, 3.8) is 0 Å². The highest BCUT2D eigenvalue weighted by atomic mass is 32.2. The molecule has 0 aliphatic carbocycles. The summed E-state index contributed by atoms with van der Waals surface area (Å²) in [5, 5.41) is 2.62. The van der Waals surface area contributed by atoms with Gasteiger partial charge in [0.25, 0.3) is 5.91 Å². The Morgan fingerprint density at radius 2 is 2.00 bits per heavy atom. The highest BCUT2D eigenvalue weighted by molar-refractivity contribution is 7.89. The lowest BCUT2D eigenvalue weighted by atomic mass is 10.2. The largest absolute Gasteiger partial charge is 0.496 e. The number of amides is 1. The minimum Gasteiger partial charge on any atom is -0.496 e. The molecule has 1 aromatic rings. The van der Waals surface area contributed by atoms with E-state index in [1.165, 1.54) is 39.4 Å². The van der Waals surface area contributed by atoms with Crippen LogP contribution < -0.4 is 10.1 Å². The summed E-state index contributed by atoms with van der Waals surface area (Å²) >= 11 is 0. The van der Waals surface area contributed by atoms with E-state index in [1.54, 1.807) is 6.92 Å². The van der Waals surface area contributed by atoms with Gasteiger partial charge in [-0.3, -0.25) is 4.79 Å². The van der Waals surface area contributed by atoms with Crippen molar-refractivity contribution < 1.29 is 17.9 Å². The molecule has 106 valence electrons. The molecule has 0 spiro atoms. The van der Waals surface area contributed by atoms with Crippen LogP contribution in [0.25, 0.3) is 0 Å². The number of hydrogen-bond acceptors (Lipinski definition) is 4. The second-order valence-electron chi connectivity index (χ2n) is 4.01. The van der Waals surface area contributed by atoms with Crippen LogP contribution in [0.1, 0.15) is 17.3 Å². The lowest BCUT2D eigenvalue weighted by molar-refractivity contribution is 0.0952. The zero-order valence-electron chi connectivity index (χ0n) is 11.4. The Bertz CT molecular complexity index is 567. The van der Waals surface area contributed by atoms with Crippen LogP contribution >= 0.6 is 0 Å². The monoisotopic (exact) mass is 286 g/mol. The number of ether oxygens (including phenoxy) is 1. The van der Waals surface area contributed by atoms with Crippen molar-refractivity contribution in [2.45, 2.75) is 11.8 Å². The van der Waals surface area contributed by atoms with Crippen LogP contribution in [0, 0.1) is 0 Å². The van der Waals surface area contributed by atoms with E-state index in [0.29, 0.717) is 12.3 Å². The van der Waals surface area contributed by atoms with Crippen LogP contribution in [-0.4, -0.2) is 46.4 Å². The van der Waals surface area contributed by atoms with Crippen molar-refractivity contribution in [1.29, 1.82) is 0 Å². The first-order valence-electron chi connectivity index (χ1n) is 5.73. The van der Waals surface area contributed by atoms with Crippen LogP contribution in [0.2, 0.25) is 0 Å². The Labute approximate surface area is 113 Å². The predicted molar refractivity (Wildman–Crippen MR) is 71.9 cm³/mol. The minimum absolute atomic E-state index is 0.0551. The van der Waals surface area contributed by atoms with Gasteiger partial charge in [-0.15, -0.1) is 0 Å². The predicted octanol–water partition coefficient (Wildman–Crippen LogP) is 0.695. The summed E-state index contributed by atoms with van der Waals surface area (Å²) in [7, 11) is 0.725. The molecule has 0 fully saturated rings. The summed E-state index contributed by atoms with van der Waals surface area (Å²) in [5.74, 6) is -0.0289. The lowest BCUT2D eigenvalue weighted by Crippen LogP contribution is -2.25. The summed E-state index contributed by atoms with van der Waals surface area (Å²) in [6.45, 7) is 2.23. The Kier molecular flexibility index (Phi) is 4.90. The molecule has 19 heavy (non-hydrogen) atoms. The molecule has 0 unspecified atom stereocenters. The zero-order chi connectivity index (χ0) is 14.6. The van der Waals surface area contributed by atoms with E-state index in [4.69, 9.17) is 4.74 Å². The molecule has 1 amide bonds. The topological polar surface area (TPSA) is 75.7 Å². The maximum atomic E-state index is 12.0. The lowest BCUT2D eigenvalue weighted by Gasteiger charge is -2.14. The molecule has 0 radical (unpaired) electrons. The molecule has 0 atom stereocenters. The van der Waals surface area contributed by atoms with Crippen LogP contribution in [0.4, 0.5) is 0 Å². The van der Waals surface area contributed by atoms with E-state index < -0.39 is 10.0 Å². The van der Waals surface area contributed by atoms with E-state index in [1.807, 2.05) is 0 Å². The van der Waals surface area contributed by atoms with Crippen molar-refractivity contribution in [3.05, 3.63) is 23.8 Å². The van der Waals surface area contributed by atoms with Crippen molar-refractivity contribution in [2.24, 2.45) is 0 Å². The van der Waals surface area contributed by atoms with Crippen molar-refractivity contribution >= 4 is 15.9 Å². The average Bonchev–Trinajstić information content (AvgIpc) is 2.37. The number of hydrogen-bond donors (Lipinski definition) is 1. The molecular formula is C12H18N2O4S. The van der Waals surface area contributed by atoms with Gasteiger partial charge in [0.2, 0.25) is 10.0 Å². The van der Waals surface area contributed by atoms with Crippen molar-refractivity contribution in [2.75, 3.05) is 27.7 Å². The number of benzene rings is 1. The number of nitrogens with zero attached hydrogens (tertiary/aromatic N) is 1. The van der Waals surface area contributed by atoms with E-state index in [-0.39, 0.29) is 16.4 Å². The molecule has 1 rings (SSSR count). The molecule has 0 saturated carbocycles. The Morgan fingerprint density at radius 1 is 1.37 bits per heavy atom. The maximum Gasteiger partial charge on any atom is 0.255 e. The van der Waals surface area contributed by atoms with Gasteiger partial charge in [-0.1, -0.05) is 0 Å². The molecule has 0 aliphatic rings. The molecule has 0 saturated heterocycles. The average molecular weight is 286 g/mol. The molecule has 7 heteroatoms. The normalized spacial score (nSPS) is 11.4. The quantitative estimate of drug-likeness (QED) is 0.864. The third kappa shape index (κ3) is 3.24. The molecule has 6 nitrogen and oxygen atoms in total. The Balaban J connectivity index is 3.34. The number of nitrogens with one attached hydrogen (secondary N) is 1. The summed E-state index contributed by atoms with van der Waals surface area (Å²) in [4.78, 5) is 11.9. The van der Waals surface area contributed by atoms with Crippen molar-refractivity contribution in [1.82, 2.24) is 9.62 Å².